The lowest BCUT2D eigenvalue weighted by atomic mass is 10.1. The zero-order valence-electron chi connectivity index (χ0n) is 22.9. The van der Waals surface area contributed by atoms with Gasteiger partial charge in [0.2, 0.25) is 0 Å². The second-order valence-corrected chi connectivity index (χ2v) is 10.4. The van der Waals surface area contributed by atoms with Gasteiger partial charge in [0.1, 0.15) is 18.5 Å². The molecule has 0 radical (unpaired) electrons. The molecule has 0 saturated heterocycles. The smallest absolute Gasteiger partial charge is 0.261 e. The normalized spacial score (nSPS) is 11.5. The van der Waals surface area contributed by atoms with Crippen molar-refractivity contribution in [2.75, 3.05) is 34.3 Å². The Morgan fingerprint density at radius 2 is 1.77 bits per heavy atom. The fraction of sp³-hybridized carbons (Fsp3) is 0.357. The number of rotatable bonds is 15. The number of oxime groups is 1. The van der Waals surface area contributed by atoms with Gasteiger partial charge in [-0.3, -0.25) is 14.4 Å². The highest BCUT2D eigenvalue weighted by Crippen LogP contribution is 2.25. The molecule has 0 atom stereocenters. The maximum Gasteiger partial charge on any atom is 0.261 e. The first-order chi connectivity index (χ1) is 19.0. The molecule has 1 heterocycles. The van der Waals surface area contributed by atoms with E-state index in [0.717, 1.165) is 23.0 Å². The number of carbonyl (C=O) groups excluding carboxylic acids is 3. The Morgan fingerprint density at radius 3 is 2.48 bits per heavy atom. The third-order valence-corrected chi connectivity index (χ3v) is 5.66. The Bertz CT molecular complexity index is 1340. The quantitative estimate of drug-likeness (QED) is 0.112. The molecule has 212 valence electrons. The predicted octanol–water partition coefficient (Wildman–Crippen LogP) is 1.71. The third-order valence-electron chi connectivity index (χ3n) is 5.66. The zero-order valence-corrected chi connectivity index (χ0v) is 22.9. The Morgan fingerprint density at radius 1 is 1.05 bits per heavy atom. The Hall–Kier alpha value is -4.58. The fourth-order valence-electron chi connectivity index (χ4n) is 3.77. The number of quaternary nitrogens is 1. The maximum absolute atomic E-state index is 12.2. The molecular formula is C28H35N6O6+. The van der Waals surface area contributed by atoms with Crippen molar-refractivity contribution in [2.45, 2.75) is 32.2 Å². The van der Waals surface area contributed by atoms with Crippen LogP contribution in [-0.4, -0.2) is 87.7 Å². The summed E-state index contributed by atoms with van der Waals surface area (Å²) < 4.78 is 2.17. The first kappa shape index (κ1) is 30.0. The van der Waals surface area contributed by atoms with E-state index < -0.39 is 5.91 Å². The van der Waals surface area contributed by atoms with Crippen LogP contribution in [0.2, 0.25) is 0 Å². The molecule has 2 aromatic carbocycles. The summed E-state index contributed by atoms with van der Waals surface area (Å²) >= 11 is 0. The van der Waals surface area contributed by atoms with Crippen molar-refractivity contribution >= 4 is 23.7 Å². The van der Waals surface area contributed by atoms with Gasteiger partial charge in [-0.15, -0.1) is 5.10 Å². The molecule has 0 fully saturated rings. The molecule has 3 rings (SSSR count). The molecule has 40 heavy (non-hydrogen) atoms. The number of nitrogens with zero attached hydrogens (tertiary/aromatic N) is 5. The van der Waals surface area contributed by atoms with Crippen LogP contribution in [0.5, 0.6) is 11.5 Å². The summed E-state index contributed by atoms with van der Waals surface area (Å²) in [5, 5.41) is 33.1. The molecule has 12 heteroatoms. The van der Waals surface area contributed by atoms with E-state index in [0.29, 0.717) is 36.0 Å². The number of aromatic hydroxyl groups is 2. The van der Waals surface area contributed by atoms with Crippen LogP contribution in [0, 0.1) is 0 Å². The highest BCUT2D eigenvalue weighted by molar-refractivity contribution is 6.27. The fourth-order valence-corrected chi connectivity index (χ4v) is 3.77. The first-order valence-corrected chi connectivity index (χ1v) is 12.8. The SMILES string of the molecule is C[N+](C)(C)CC(=O)Cc1ccc(-n2cc(CNC(=O)CO/N=C/C(=O)CCCc3ccc(O)c(O)c3)nn2)cc1. The molecule has 0 aliphatic carbocycles. The molecule has 1 amide bonds. The van der Waals surface area contributed by atoms with Crippen molar-refractivity contribution in [3.05, 3.63) is 65.5 Å². The van der Waals surface area contributed by atoms with Gasteiger partial charge in [0.05, 0.1) is 39.6 Å². The summed E-state index contributed by atoms with van der Waals surface area (Å²) in [5.74, 6) is -0.918. The van der Waals surface area contributed by atoms with Crippen LogP contribution in [0.1, 0.15) is 29.7 Å². The highest BCUT2D eigenvalue weighted by atomic mass is 16.6. The molecule has 0 bridgehead atoms. The van der Waals surface area contributed by atoms with E-state index in [9.17, 15) is 24.6 Å². The van der Waals surface area contributed by atoms with Crippen molar-refractivity contribution in [1.29, 1.82) is 0 Å². The molecule has 3 aromatic rings. The summed E-state index contributed by atoms with van der Waals surface area (Å²) in [5.41, 5.74) is 3.03. The monoisotopic (exact) mass is 551 g/mol. The molecular weight excluding hydrogens is 516 g/mol. The van der Waals surface area contributed by atoms with Gasteiger partial charge >= 0.3 is 0 Å². The number of hydrogen-bond donors (Lipinski definition) is 3. The summed E-state index contributed by atoms with van der Waals surface area (Å²) in [6.45, 7) is 0.236. The van der Waals surface area contributed by atoms with E-state index in [-0.39, 0.29) is 42.6 Å². The molecule has 0 unspecified atom stereocenters. The van der Waals surface area contributed by atoms with Crippen LogP contribution in [0.15, 0.2) is 53.8 Å². The third kappa shape index (κ3) is 10.3. The minimum Gasteiger partial charge on any atom is -0.504 e. The number of carbonyl (C=O) groups is 3. The van der Waals surface area contributed by atoms with Gasteiger partial charge in [-0.1, -0.05) is 28.6 Å². The largest absolute Gasteiger partial charge is 0.504 e. The number of nitrogens with one attached hydrogen (secondary N) is 1. The summed E-state index contributed by atoms with van der Waals surface area (Å²) in [7, 11) is 5.94. The zero-order chi connectivity index (χ0) is 29.1. The van der Waals surface area contributed by atoms with E-state index in [4.69, 9.17) is 4.84 Å². The molecule has 0 aliphatic rings. The topological polar surface area (TPSA) is 156 Å². The van der Waals surface area contributed by atoms with Crippen LogP contribution in [0.4, 0.5) is 0 Å². The first-order valence-electron chi connectivity index (χ1n) is 12.8. The maximum atomic E-state index is 12.2. The number of phenolic OH excluding ortho intramolecular Hbond substituents is 2. The van der Waals surface area contributed by atoms with Crippen LogP contribution in [0.3, 0.4) is 0 Å². The van der Waals surface area contributed by atoms with Crippen LogP contribution < -0.4 is 5.32 Å². The number of likely N-dealkylation sites (N-methyl/N-ethyl adjacent to an activating group) is 1. The number of ketones is 2. The molecule has 12 nitrogen and oxygen atoms in total. The number of phenols is 2. The summed E-state index contributed by atoms with van der Waals surface area (Å²) in [6.07, 6.45) is 4.38. The van der Waals surface area contributed by atoms with Gasteiger partial charge in [-0.2, -0.15) is 0 Å². The average Bonchev–Trinajstić information content (AvgIpc) is 3.36. The summed E-state index contributed by atoms with van der Waals surface area (Å²) in [4.78, 5) is 41.0. The Labute approximate surface area is 232 Å². The predicted molar refractivity (Wildman–Crippen MR) is 147 cm³/mol. The van der Waals surface area contributed by atoms with Gasteiger partial charge < -0.3 is 24.9 Å². The van der Waals surface area contributed by atoms with Crippen LogP contribution >= 0.6 is 0 Å². The van der Waals surface area contributed by atoms with Crippen molar-refractivity contribution in [1.82, 2.24) is 20.3 Å². The Kier molecular flexibility index (Phi) is 10.5. The number of amides is 1. The number of aryl methyl sites for hydroxylation is 1. The van der Waals surface area contributed by atoms with Crippen molar-refractivity contribution < 1.29 is 33.9 Å². The molecule has 0 aliphatic heterocycles. The lowest BCUT2D eigenvalue weighted by molar-refractivity contribution is -0.862. The van der Waals surface area contributed by atoms with Gasteiger partial charge in [0.25, 0.3) is 5.91 Å². The lowest BCUT2D eigenvalue weighted by Crippen LogP contribution is -2.40. The lowest BCUT2D eigenvalue weighted by Gasteiger charge is -2.22. The second kappa shape index (κ2) is 14.0. The van der Waals surface area contributed by atoms with Gasteiger partial charge in [0, 0.05) is 12.8 Å². The van der Waals surface area contributed by atoms with Gasteiger partial charge in [-0.25, -0.2) is 4.68 Å². The van der Waals surface area contributed by atoms with Crippen LogP contribution in [-0.2, 0) is 38.6 Å². The standard InChI is InChI=1S/C28H34N6O6/c1-34(2,3)18-25(36)13-21-7-10-23(11-8-21)33-17-22(31-32-33)15-29-28(39)19-40-30-16-24(35)6-4-5-20-9-12-26(37)27(38)14-20/h7-12,14,16-17H,4-6,13,15,18-19H2,1-3H3,(H2-,29,30,31,32,35,37,38,39)/p+1. The van der Waals surface area contributed by atoms with Gasteiger partial charge in [-0.05, 0) is 48.2 Å². The number of hydrogen-bond acceptors (Lipinski definition) is 9. The van der Waals surface area contributed by atoms with Gasteiger partial charge in [0.15, 0.2) is 29.7 Å². The highest BCUT2D eigenvalue weighted by Gasteiger charge is 2.15. The van der Waals surface area contributed by atoms with E-state index in [1.807, 2.05) is 45.4 Å². The molecule has 0 spiro atoms. The molecule has 0 saturated carbocycles. The van der Waals surface area contributed by atoms with Crippen molar-refractivity contribution in [2.24, 2.45) is 5.16 Å². The molecule has 3 N–H and O–H groups in total. The Balaban J connectivity index is 1.34. The minimum absolute atomic E-state index is 0.134. The summed E-state index contributed by atoms with van der Waals surface area (Å²) in [6, 6.07) is 12.0. The minimum atomic E-state index is -0.436. The second-order valence-electron chi connectivity index (χ2n) is 10.4. The number of benzene rings is 2. The van der Waals surface area contributed by atoms with E-state index in [1.54, 1.807) is 16.9 Å². The van der Waals surface area contributed by atoms with Crippen molar-refractivity contribution in [3.63, 3.8) is 0 Å². The average molecular weight is 552 g/mol. The number of aromatic nitrogens is 3. The van der Waals surface area contributed by atoms with E-state index in [2.05, 4.69) is 20.8 Å². The van der Waals surface area contributed by atoms with Crippen LogP contribution in [0.25, 0.3) is 5.69 Å². The molecule has 1 aromatic heterocycles. The van der Waals surface area contributed by atoms with E-state index >= 15 is 0 Å². The van der Waals surface area contributed by atoms with E-state index in [1.165, 1.54) is 12.1 Å². The van der Waals surface area contributed by atoms with Crippen molar-refractivity contribution in [3.8, 4) is 17.2 Å². The number of Topliss-reactive ketones (excluding diaryl/α,β-unsaturated/α-hetero) is 2.